The minimum absolute atomic E-state index is 0.169. The molecule has 0 saturated carbocycles. The number of hydrogen-bond acceptors (Lipinski definition) is 3. The van der Waals surface area contributed by atoms with Crippen LogP contribution in [0, 0.1) is 3.57 Å². The van der Waals surface area contributed by atoms with Gasteiger partial charge in [-0.1, -0.05) is 12.1 Å². The predicted octanol–water partition coefficient (Wildman–Crippen LogP) is 2.21. The van der Waals surface area contributed by atoms with Gasteiger partial charge in [-0.2, -0.15) is 0 Å². The fourth-order valence-electron chi connectivity index (χ4n) is 3.21. The summed E-state index contributed by atoms with van der Waals surface area (Å²) < 4.78 is 1.07. The van der Waals surface area contributed by atoms with Crippen molar-refractivity contribution in [3.8, 4) is 0 Å². The number of amides is 3. The van der Waals surface area contributed by atoms with Gasteiger partial charge in [-0.3, -0.25) is 24.6 Å². The number of anilines is 1. The first-order chi connectivity index (χ1) is 10.6. The van der Waals surface area contributed by atoms with Crippen molar-refractivity contribution in [1.29, 1.82) is 0 Å². The molecule has 2 aliphatic rings. The smallest absolute Gasteiger partial charge is 0.259 e. The predicted molar refractivity (Wildman–Crippen MR) is 89.6 cm³/mol. The Hall–Kier alpha value is -1.96. The molecule has 1 unspecified atom stereocenters. The molecule has 0 bridgehead atoms. The number of piperidine rings is 1. The fourth-order valence-corrected chi connectivity index (χ4v) is 3.84. The minimum atomic E-state index is -0.624. The van der Waals surface area contributed by atoms with Gasteiger partial charge in [0.05, 0.1) is 5.69 Å². The van der Waals surface area contributed by atoms with Gasteiger partial charge in [-0.15, -0.1) is 0 Å². The summed E-state index contributed by atoms with van der Waals surface area (Å²) in [5, 5.41) is 4.23. The van der Waals surface area contributed by atoms with E-state index in [0.29, 0.717) is 12.0 Å². The lowest BCUT2D eigenvalue weighted by atomic mass is 10.0. The van der Waals surface area contributed by atoms with Crippen molar-refractivity contribution in [2.45, 2.75) is 18.9 Å². The molecule has 1 atom stereocenters. The van der Waals surface area contributed by atoms with Gasteiger partial charge in [0, 0.05) is 20.9 Å². The summed E-state index contributed by atoms with van der Waals surface area (Å²) in [5.74, 6) is -0.848. The number of nitrogens with zero attached hydrogens (tertiary/aromatic N) is 1. The van der Waals surface area contributed by atoms with E-state index in [1.165, 1.54) is 4.90 Å². The maximum atomic E-state index is 12.8. The maximum Gasteiger partial charge on any atom is 0.259 e. The van der Waals surface area contributed by atoms with E-state index in [4.69, 9.17) is 0 Å². The van der Waals surface area contributed by atoms with Crippen molar-refractivity contribution >= 4 is 56.8 Å². The molecule has 0 aromatic heterocycles. The molecule has 4 rings (SSSR count). The summed E-state index contributed by atoms with van der Waals surface area (Å²) in [6.07, 6.45) is 0.613. The first kappa shape index (κ1) is 13.7. The second-order valence-corrected chi connectivity index (χ2v) is 6.60. The second-order valence-electron chi connectivity index (χ2n) is 5.44. The number of nitrogens with one attached hydrogen (secondary N) is 1. The Bertz CT molecular complexity index is 862. The number of rotatable bonds is 1. The van der Waals surface area contributed by atoms with E-state index in [0.717, 1.165) is 20.0 Å². The lowest BCUT2D eigenvalue weighted by Gasteiger charge is -2.30. The van der Waals surface area contributed by atoms with Crippen LogP contribution in [0.15, 0.2) is 30.3 Å². The van der Waals surface area contributed by atoms with Crippen LogP contribution >= 0.6 is 22.6 Å². The van der Waals surface area contributed by atoms with Crippen molar-refractivity contribution in [2.75, 3.05) is 4.90 Å². The third-order valence-electron chi connectivity index (χ3n) is 4.20. The molecule has 2 aromatic carbocycles. The SMILES string of the molecule is O=C1CCC(N2C(=O)c3cccc4c(I)ccc2c34)C(=O)N1. The molecule has 22 heavy (non-hydrogen) atoms. The van der Waals surface area contributed by atoms with Crippen LogP contribution in [0.1, 0.15) is 23.2 Å². The van der Waals surface area contributed by atoms with Crippen LogP contribution in [0.25, 0.3) is 10.8 Å². The molecule has 110 valence electrons. The van der Waals surface area contributed by atoms with Gasteiger partial charge >= 0.3 is 0 Å². The molecule has 0 radical (unpaired) electrons. The number of hydrogen-bond donors (Lipinski definition) is 1. The minimum Gasteiger partial charge on any atom is -0.295 e. The molecule has 1 fully saturated rings. The molecule has 3 amide bonds. The van der Waals surface area contributed by atoms with E-state index < -0.39 is 11.9 Å². The van der Waals surface area contributed by atoms with E-state index in [1.54, 1.807) is 6.07 Å². The number of halogens is 1. The van der Waals surface area contributed by atoms with Crippen molar-refractivity contribution in [1.82, 2.24) is 5.32 Å². The van der Waals surface area contributed by atoms with Gasteiger partial charge in [0.25, 0.3) is 5.91 Å². The van der Waals surface area contributed by atoms with Crippen LogP contribution in [-0.2, 0) is 9.59 Å². The zero-order valence-corrected chi connectivity index (χ0v) is 13.6. The van der Waals surface area contributed by atoms with Crippen LogP contribution in [0.2, 0.25) is 0 Å². The highest BCUT2D eigenvalue weighted by molar-refractivity contribution is 14.1. The van der Waals surface area contributed by atoms with Gasteiger partial charge in [-0.05, 0) is 52.6 Å². The van der Waals surface area contributed by atoms with Gasteiger partial charge in [-0.25, -0.2) is 0 Å². The van der Waals surface area contributed by atoms with Gasteiger partial charge in [0.15, 0.2) is 0 Å². The van der Waals surface area contributed by atoms with E-state index in [1.807, 2.05) is 24.3 Å². The van der Waals surface area contributed by atoms with Crippen molar-refractivity contribution < 1.29 is 14.4 Å². The Morgan fingerprint density at radius 3 is 2.73 bits per heavy atom. The van der Waals surface area contributed by atoms with Gasteiger partial charge < -0.3 is 0 Å². The summed E-state index contributed by atoms with van der Waals surface area (Å²) in [5.41, 5.74) is 1.38. The van der Waals surface area contributed by atoms with Crippen LogP contribution in [0.4, 0.5) is 5.69 Å². The lowest BCUT2D eigenvalue weighted by molar-refractivity contribution is -0.134. The van der Waals surface area contributed by atoms with Crippen LogP contribution in [0.5, 0.6) is 0 Å². The molecule has 0 spiro atoms. The summed E-state index contributed by atoms with van der Waals surface area (Å²) in [6, 6.07) is 8.82. The lowest BCUT2D eigenvalue weighted by Crippen LogP contribution is -2.53. The van der Waals surface area contributed by atoms with E-state index in [9.17, 15) is 14.4 Å². The summed E-state index contributed by atoms with van der Waals surface area (Å²) >= 11 is 2.24. The molecule has 2 aliphatic heterocycles. The molecule has 0 aliphatic carbocycles. The Balaban J connectivity index is 1.89. The largest absolute Gasteiger partial charge is 0.295 e. The fraction of sp³-hybridized carbons (Fsp3) is 0.188. The molecule has 2 aromatic rings. The van der Waals surface area contributed by atoms with Crippen molar-refractivity contribution in [3.05, 3.63) is 39.5 Å². The van der Waals surface area contributed by atoms with Crippen molar-refractivity contribution in [3.63, 3.8) is 0 Å². The van der Waals surface area contributed by atoms with E-state index in [-0.39, 0.29) is 18.2 Å². The van der Waals surface area contributed by atoms with Gasteiger partial charge in [0.1, 0.15) is 6.04 Å². The highest BCUT2D eigenvalue weighted by atomic mass is 127. The van der Waals surface area contributed by atoms with Crippen LogP contribution < -0.4 is 10.2 Å². The molecule has 1 N–H and O–H groups in total. The third kappa shape index (κ3) is 1.79. The summed E-state index contributed by atoms with van der Waals surface area (Å²) in [4.78, 5) is 37.8. The summed E-state index contributed by atoms with van der Waals surface area (Å²) in [6.45, 7) is 0. The monoisotopic (exact) mass is 406 g/mol. The van der Waals surface area contributed by atoms with E-state index >= 15 is 0 Å². The first-order valence-electron chi connectivity index (χ1n) is 6.96. The zero-order valence-electron chi connectivity index (χ0n) is 11.4. The average Bonchev–Trinajstić information content (AvgIpc) is 2.78. The summed E-state index contributed by atoms with van der Waals surface area (Å²) in [7, 11) is 0. The number of carbonyl (C=O) groups excluding carboxylic acids is 3. The Morgan fingerprint density at radius 2 is 1.95 bits per heavy atom. The van der Waals surface area contributed by atoms with Crippen LogP contribution in [-0.4, -0.2) is 23.8 Å². The maximum absolute atomic E-state index is 12.8. The topological polar surface area (TPSA) is 66.5 Å². The number of carbonyl (C=O) groups is 3. The zero-order chi connectivity index (χ0) is 15.4. The molecule has 1 saturated heterocycles. The Morgan fingerprint density at radius 1 is 1.14 bits per heavy atom. The third-order valence-corrected chi connectivity index (χ3v) is 5.14. The highest BCUT2D eigenvalue weighted by Gasteiger charge is 2.40. The molecular weight excluding hydrogens is 395 g/mol. The first-order valence-corrected chi connectivity index (χ1v) is 8.04. The number of benzene rings is 2. The van der Waals surface area contributed by atoms with Crippen molar-refractivity contribution in [2.24, 2.45) is 0 Å². The number of imide groups is 1. The highest BCUT2D eigenvalue weighted by Crippen LogP contribution is 2.41. The Kier molecular flexibility index (Phi) is 2.97. The molecule has 6 heteroatoms. The second kappa shape index (κ2) is 4.77. The van der Waals surface area contributed by atoms with Gasteiger partial charge in [0.2, 0.25) is 11.8 Å². The molecular formula is C16H11IN2O3. The molecule has 2 heterocycles. The average molecular weight is 406 g/mol. The normalized spacial score (nSPS) is 20.7. The quantitative estimate of drug-likeness (QED) is 0.584. The Labute approximate surface area is 139 Å². The van der Waals surface area contributed by atoms with Crippen LogP contribution in [0.3, 0.4) is 0 Å². The van der Waals surface area contributed by atoms with E-state index in [2.05, 4.69) is 27.9 Å². The standard InChI is InChI=1S/C16H11IN2O3/c17-10-4-5-11-14-8(10)2-1-3-9(14)16(22)19(11)12-6-7-13(20)18-15(12)21/h1-5,12H,6-7H2,(H,18,20,21). The molecule has 5 nitrogen and oxygen atoms in total.